The lowest BCUT2D eigenvalue weighted by molar-refractivity contribution is 0.102. The fraction of sp³-hybridized carbons (Fsp3) is 0.350. The van der Waals surface area contributed by atoms with Gasteiger partial charge in [0.2, 0.25) is 10.0 Å². The summed E-state index contributed by atoms with van der Waals surface area (Å²) in [4.78, 5) is 12.5. The summed E-state index contributed by atoms with van der Waals surface area (Å²) in [5, 5.41) is 2.82. The second kappa shape index (κ2) is 8.82. The van der Waals surface area contributed by atoms with Crippen LogP contribution in [0.15, 0.2) is 41.3 Å². The minimum atomic E-state index is -3.81. The Morgan fingerprint density at radius 3 is 2.39 bits per heavy atom. The minimum absolute atomic E-state index is 0.0185. The Morgan fingerprint density at radius 2 is 1.79 bits per heavy atom. The molecule has 0 heterocycles. The molecular weight excluding hydrogens is 419 g/mol. The highest BCUT2D eigenvalue weighted by Crippen LogP contribution is 2.31. The molecule has 150 valence electrons. The van der Waals surface area contributed by atoms with Gasteiger partial charge in [0, 0.05) is 11.7 Å². The van der Waals surface area contributed by atoms with E-state index in [2.05, 4.69) is 17.0 Å². The first-order chi connectivity index (χ1) is 13.3. The highest BCUT2D eigenvalue weighted by atomic mass is 35.5. The maximum absolute atomic E-state index is 12.7. The van der Waals surface area contributed by atoms with Crippen LogP contribution in [0.4, 0.5) is 5.69 Å². The lowest BCUT2D eigenvalue weighted by Crippen LogP contribution is -2.26. The topological polar surface area (TPSA) is 75.3 Å². The van der Waals surface area contributed by atoms with E-state index in [-0.39, 0.29) is 26.5 Å². The minimum Gasteiger partial charge on any atom is -0.322 e. The lowest BCUT2D eigenvalue weighted by atomic mass is 10.1. The maximum atomic E-state index is 12.7. The van der Waals surface area contributed by atoms with Crippen LogP contribution in [-0.2, 0) is 16.4 Å². The quantitative estimate of drug-likeness (QED) is 0.604. The predicted octanol–water partition coefficient (Wildman–Crippen LogP) is 5.03. The molecule has 0 bridgehead atoms. The number of hydrogen-bond acceptors (Lipinski definition) is 3. The molecule has 3 rings (SSSR count). The van der Waals surface area contributed by atoms with E-state index in [1.165, 1.54) is 17.7 Å². The number of unbranched alkanes of at least 4 members (excludes halogenated alkanes) is 1. The van der Waals surface area contributed by atoms with E-state index in [1.807, 2.05) is 24.3 Å². The first-order valence-corrected chi connectivity index (χ1v) is 11.5. The molecular formula is C20H22Cl2N2O3S. The summed E-state index contributed by atoms with van der Waals surface area (Å²) >= 11 is 12.2. The van der Waals surface area contributed by atoms with Crippen LogP contribution in [-0.4, -0.2) is 20.4 Å². The molecule has 0 radical (unpaired) electrons. The van der Waals surface area contributed by atoms with Crippen LogP contribution in [0.5, 0.6) is 0 Å². The van der Waals surface area contributed by atoms with Crippen molar-refractivity contribution in [3.63, 3.8) is 0 Å². The molecule has 5 nitrogen and oxygen atoms in total. The van der Waals surface area contributed by atoms with Crippen LogP contribution < -0.4 is 10.0 Å². The average Bonchev–Trinajstić information content (AvgIpc) is 3.44. The number of carbonyl (C=O) groups excluding carboxylic acids is 1. The summed E-state index contributed by atoms with van der Waals surface area (Å²) in [5.41, 5.74) is 1.86. The Labute approximate surface area is 175 Å². The molecule has 1 aliphatic rings. The van der Waals surface area contributed by atoms with Crippen molar-refractivity contribution in [2.45, 2.75) is 50.0 Å². The predicted molar refractivity (Wildman–Crippen MR) is 113 cm³/mol. The van der Waals surface area contributed by atoms with Crippen LogP contribution in [0, 0.1) is 0 Å². The van der Waals surface area contributed by atoms with Crippen molar-refractivity contribution < 1.29 is 13.2 Å². The largest absolute Gasteiger partial charge is 0.322 e. The molecule has 1 amide bonds. The summed E-state index contributed by atoms with van der Waals surface area (Å²) in [5.74, 6) is -0.495. The number of rotatable bonds is 8. The zero-order valence-corrected chi connectivity index (χ0v) is 17.8. The van der Waals surface area contributed by atoms with Crippen molar-refractivity contribution in [1.29, 1.82) is 0 Å². The first-order valence-electron chi connectivity index (χ1n) is 9.22. The SMILES string of the molecule is CCCCc1ccc(NC(=O)c2cc(S(=O)(=O)NC3CC3)c(Cl)cc2Cl)cc1. The zero-order valence-electron chi connectivity index (χ0n) is 15.5. The number of anilines is 1. The molecule has 2 aromatic rings. The van der Waals surface area contributed by atoms with Crippen LogP contribution >= 0.6 is 23.2 Å². The molecule has 0 unspecified atom stereocenters. The van der Waals surface area contributed by atoms with Crippen LogP contribution in [0.25, 0.3) is 0 Å². The van der Waals surface area contributed by atoms with Crippen molar-refractivity contribution in [1.82, 2.24) is 4.72 Å². The third-order valence-corrected chi connectivity index (χ3v) is 6.78. The van der Waals surface area contributed by atoms with E-state index in [1.54, 1.807) is 0 Å². The maximum Gasteiger partial charge on any atom is 0.257 e. The standard InChI is InChI=1S/C20H22Cl2N2O3S/c1-2-3-4-13-5-7-14(8-6-13)23-20(25)16-11-19(18(22)12-17(16)21)28(26,27)24-15-9-10-15/h5-8,11-12,15,24H,2-4,9-10H2,1H3,(H,23,25). The molecule has 0 aromatic heterocycles. The van der Waals surface area contributed by atoms with Gasteiger partial charge in [-0.2, -0.15) is 0 Å². The molecule has 0 spiro atoms. The Bertz CT molecular complexity index is 972. The van der Waals surface area contributed by atoms with Gasteiger partial charge in [-0.3, -0.25) is 4.79 Å². The van der Waals surface area contributed by atoms with E-state index in [9.17, 15) is 13.2 Å². The third-order valence-electron chi connectivity index (χ3n) is 4.49. The van der Waals surface area contributed by atoms with Gasteiger partial charge in [0.05, 0.1) is 15.6 Å². The third kappa shape index (κ3) is 5.26. The van der Waals surface area contributed by atoms with E-state index < -0.39 is 15.9 Å². The second-order valence-electron chi connectivity index (χ2n) is 6.91. The number of aryl methyl sites for hydroxylation is 1. The van der Waals surface area contributed by atoms with E-state index in [4.69, 9.17) is 23.2 Å². The molecule has 2 N–H and O–H groups in total. The Hall–Kier alpha value is -1.60. The number of nitrogens with one attached hydrogen (secondary N) is 2. The highest BCUT2D eigenvalue weighted by molar-refractivity contribution is 7.89. The van der Waals surface area contributed by atoms with Crippen LogP contribution in [0.1, 0.15) is 48.5 Å². The summed E-state index contributed by atoms with van der Waals surface area (Å²) in [6.07, 6.45) is 4.81. The molecule has 1 fully saturated rings. The summed E-state index contributed by atoms with van der Waals surface area (Å²) in [7, 11) is -3.81. The first kappa shape index (κ1) is 21.1. The highest BCUT2D eigenvalue weighted by Gasteiger charge is 2.30. The van der Waals surface area contributed by atoms with Gasteiger partial charge < -0.3 is 5.32 Å². The Kier molecular flexibility index (Phi) is 6.65. The Morgan fingerprint density at radius 1 is 1.11 bits per heavy atom. The molecule has 0 atom stereocenters. The van der Waals surface area contributed by atoms with E-state index in [0.29, 0.717) is 5.69 Å². The lowest BCUT2D eigenvalue weighted by Gasteiger charge is -2.12. The molecule has 0 saturated heterocycles. The molecule has 1 saturated carbocycles. The average molecular weight is 441 g/mol. The van der Waals surface area contributed by atoms with Gasteiger partial charge in [-0.25, -0.2) is 13.1 Å². The van der Waals surface area contributed by atoms with E-state index in [0.717, 1.165) is 32.1 Å². The number of sulfonamides is 1. The van der Waals surface area contributed by atoms with Crippen LogP contribution in [0.3, 0.4) is 0 Å². The zero-order chi connectivity index (χ0) is 20.3. The smallest absolute Gasteiger partial charge is 0.257 e. The molecule has 1 aliphatic carbocycles. The van der Waals surface area contributed by atoms with Gasteiger partial charge in [-0.05, 0) is 55.5 Å². The molecule has 2 aromatic carbocycles. The molecule has 8 heteroatoms. The van der Waals surface area contributed by atoms with Crippen molar-refractivity contribution in [2.75, 3.05) is 5.32 Å². The number of halogens is 2. The monoisotopic (exact) mass is 440 g/mol. The van der Waals surface area contributed by atoms with Crippen molar-refractivity contribution in [2.24, 2.45) is 0 Å². The Balaban J connectivity index is 1.80. The van der Waals surface area contributed by atoms with Crippen molar-refractivity contribution in [3.8, 4) is 0 Å². The second-order valence-corrected chi connectivity index (χ2v) is 9.41. The number of benzene rings is 2. The van der Waals surface area contributed by atoms with Gasteiger partial charge in [-0.15, -0.1) is 0 Å². The molecule has 28 heavy (non-hydrogen) atoms. The number of hydrogen-bond donors (Lipinski definition) is 2. The van der Waals surface area contributed by atoms with Crippen molar-refractivity contribution in [3.05, 3.63) is 57.6 Å². The van der Waals surface area contributed by atoms with Gasteiger partial charge in [0.1, 0.15) is 4.90 Å². The number of amides is 1. The normalized spacial score (nSPS) is 14.1. The number of carbonyl (C=O) groups is 1. The fourth-order valence-electron chi connectivity index (χ4n) is 2.73. The summed E-state index contributed by atoms with van der Waals surface area (Å²) in [6.45, 7) is 2.14. The van der Waals surface area contributed by atoms with Crippen molar-refractivity contribution >= 4 is 44.8 Å². The fourth-order valence-corrected chi connectivity index (χ4v) is 4.89. The summed E-state index contributed by atoms with van der Waals surface area (Å²) in [6, 6.07) is 10.0. The van der Waals surface area contributed by atoms with Gasteiger partial charge in [0.15, 0.2) is 0 Å². The van der Waals surface area contributed by atoms with Gasteiger partial charge in [0.25, 0.3) is 5.91 Å². The molecule has 0 aliphatic heterocycles. The summed E-state index contributed by atoms with van der Waals surface area (Å²) < 4.78 is 27.6. The van der Waals surface area contributed by atoms with E-state index >= 15 is 0 Å². The van der Waals surface area contributed by atoms with Gasteiger partial charge in [-0.1, -0.05) is 48.7 Å². The van der Waals surface area contributed by atoms with Gasteiger partial charge >= 0.3 is 0 Å². The van der Waals surface area contributed by atoms with Crippen LogP contribution in [0.2, 0.25) is 10.0 Å².